The third-order valence-corrected chi connectivity index (χ3v) is 3.82. The number of nitrogens with one attached hydrogen (secondary N) is 3. The van der Waals surface area contributed by atoms with E-state index in [0.717, 1.165) is 42.9 Å². The van der Waals surface area contributed by atoms with Gasteiger partial charge in [-0.3, -0.25) is 4.79 Å². The minimum Gasteiger partial charge on any atom is -0.493 e. The Morgan fingerprint density at radius 1 is 1.20 bits per heavy atom. The van der Waals surface area contributed by atoms with Crippen molar-refractivity contribution in [3.63, 3.8) is 0 Å². The van der Waals surface area contributed by atoms with Gasteiger partial charge in [0.2, 0.25) is 5.91 Å². The highest BCUT2D eigenvalue weighted by atomic mass is 16.5. The highest BCUT2D eigenvalue weighted by Crippen LogP contribution is 2.27. The molecule has 0 aliphatic heterocycles. The summed E-state index contributed by atoms with van der Waals surface area (Å²) in [4.78, 5) is 16.1. The van der Waals surface area contributed by atoms with Gasteiger partial charge >= 0.3 is 0 Å². The van der Waals surface area contributed by atoms with Crippen LogP contribution in [0.1, 0.15) is 25.3 Å². The van der Waals surface area contributed by atoms with E-state index in [1.165, 1.54) is 0 Å². The van der Waals surface area contributed by atoms with E-state index in [9.17, 15) is 4.79 Å². The maximum atomic E-state index is 11.7. The second-order valence-corrected chi connectivity index (χ2v) is 5.90. The molecule has 1 aliphatic rings. The maximum absolute atomic E-state index is 11.7. The summed E-state index contributed by atoms with van der Waals surface area (Å²) in [6.45, 7) is 3.58. The lowest BCUT2D eigenvalue weighted by Crippen LogP contribution is -2.39. The quantitative estimate of drug-likeness (QED) is 0.459. The fourth-order valence-corrected chi connectivity index (χ4v) is 2.35. The van der Waals surface area contributed by atoms with Crippen molar-refractivity contribution >= 4 is 11.9 Å². The van der Waals surface area contributed by atoms with Crippen LogP contribution in [0.5, 0.6) is 11.5 Å². The number of hydrogen-bond donors (Lipinski definition) is 3. The van der Waals surface area contributed by atoms with Gasteiger partial charge in [-0.25, -0.2) is 4.99 Å². The van der Waals surface area contributed by atoms with Crippen LogP contribution in [0, 0.1) is 0 Å². The summed E-state index contributed by atoms with van der Waals surface area (Å²) in [6, 6.07) is 6.24. The summed E-state index contributed by atoms with van der Waals surface area (Å²) in [5, 5.41) is 9.32. The first-order chi connectivity index (χ1) is 12.2. The van der Waals surface area contributed by atoms with Crippen molar-refractivity contribution in [2.45, 2.75) is 32.2 Å². The second-order valence-electron chi connectivity index (χ2n) is 5.90. The Kier molecular flexibility index (Phi) is 7.37. The molecule has 0 radical (unpaired) electrons. The number of hydrogen-bond acceptors (Lipinski definition) is 4. The molecular weight excluding hydrogens is 320 g/mol. The van der Waals surface area contributed by atoms with Gasteiger partial charge in [-0.15, -0.1) is 0 Å². The van der Waals surface area contributed by atoms with Crippen molar-refractivity contribution in [3.05, 3.63) is 23.8 Å². The van der Waals surface area contributed by atoms with Gasteiger partial charge in [0.25, 0.3) is 0 Å². The molecule has 0 spiro atoms. The molecule has 0 unspecified atom stereocenters. The van der Waals surface area contributed by atoms with E-state index in [2.05, 4.69) is 20.9 Å². The lowest BCUT2D eigenvalue weighted by atomic mass is 10.1. The van der Waals surface area contributed by atoms with Crippen LogP contribution < -0.4 is 25.4 Å². The number of aliphatic imine (C=N–C) groups is 1. The molecular formula is C18H28N4O3. The fourth-order valence-electron chi connectivity index (χ4n) is 2.35. The molecule has 0 heterocycles. The summed E-state index contributed by atoms with van der Waals surface area (Å²) in [5.74, 6) is 2.06. The molecule has 7 heteroatoms. The topological polar surface area (TPSA) is 84.0 Å². The van der Waals surface area contributed by atoms with Crippen LogP contribution in [0.25, 0.3) is 0 Å². The number of guanidine groups is 1. The van der Waals surface area contributed by atoms with Crippen LogP contribution in [0.3, 0.4) is 0 Å². The van der Waals surface area contributed by atoms with E-state index in [-0.39, 0.29) is 12.5 Å². The van der Waals surface area contributed by atoms with Crippen molar-refractivity contribution in [3.8, 4) is 11.5 Å². The van der Waals surface area contributed by atoms with Crippen LogP contribution in [0.15, 0.2) is 23.2 Å². The van der Waals surface area contributed by atoms with Crippen LogP contribution in [0.2, 0.25) is 0 Å². The minimum atomic E-state index is -0.0282. The molecule has 1 aromatic carbocycles. The van der Waals surface area contributed by atoms with Crippen molar-refractivity contribution in [2.24, 2.45) is 4.99 Å². The number of rotatable bonds is 9. The standard InChI is InChI=1S/C18H28N4O3/c1-4-19-18(21-12-17(23)22-14-6-7-14)20-10-9-13-5-8-15(24-2)16(11-13)25-3/h5,8,11,14H,4,6-7,9-10,12H2,1-3H3,(H,22,23)(H2,19,20,21). The van der Waals surface area contributed by atoms with Gasteiger partial charge in [-0.1, -0.05) is 6.07 Å². The molecule has 1 saturated carbocycles. The van der Waals surface area contributed by atoms with E-state index < -0.39 is 0 Å². The van der Waals surface area contributed by atoms with Gasteiger partial charge in [0.05, 0.1) is 14.2 Å². The Hall–Kier alpha value is -2.44. The average Bonchev–Trinajstić information content (AvgIpc) is 3.43. The normalized spacial score (nSPS) is 14.0. The smallest absolute Gasteiger partial charge is 0.242 e. The highest BCUT2D eigenvalue weighted by Gasteiger charge is 2.22. The monoisotopic (exact) mass is 348 g/mol. The summed E-state index contributed by atoms with van der Waals surface area (Å²) in [6.07, 6.45) is 2.97. The number of methoxy groups -OCH3 is 2. The Balaban J connectivity index is 1.82. The van der Waals surface area contributed by atoms with Crippen molar-refractivity contribution < 1.29 is 14.3 Å². The van der Waals surface area contributed by atoms with Gasteiger partial charge in [0.15, 0.2) is 17.5 Å². The van der Waals surface area contributed by atoms with Gasteiger partial charge in [0.1, 0.15) is 6.54 Å². The highest BCUT2D eigenvalue weighted by molar-refractivity contribution is 5.85. The fraction of sp³-hybridized carbons (Fsp3) is 0.556. The van der Waals surface area contributed by atoms with Crippen molar-refractivity contribution in [1.29, 1.82) is 0 Å². The predicted octanol–water partition coefficient (Wildman–Crippen LogP) is 1.08. The number of nitrogens with zero attached hydrogens (tertiary/aromatic N) is 1. The first-order valence-corrected chi connectivity index (χ1v) is 8.68. The molecule has 1 aliphatic carbocycles. The van der Waals surface area contributed by atoms with Crippen LogP contribution in [0.4, 0.5) is 0 Å². The Labute approximate surface area is 149 Å². The first-order valence-electron chi connectivity index (χ1n) is 8.68. The number of carbonyl (C=O) groups is 1. The maximum Gasteiger partial charge on any atom is 0.242 e. The molecule has 0 bridgehead atoms. The van der Waals surface area contributed by atoms with E-state index in [1.807, 2.05) is 25.1 Å². The summed E-state index contributed by atoms with van der Waals surface area (Å²) < 4.78 is 10.6. The third-order valence-electron chi connectivity index (χ3n) is 3.82. The molecule has 25 heavy (non-hydrogen) atoms. The largest absolute Gasteiger partial charge is 0.493 e. The Bertz CT molecular complexity index is 600. The molecule has 1 amide bonds. The van der Waals surface area contributed by atoms with E-state index in [0.29, 0.717) is 18.5 Å². The lowest BCUT2D eigenvalue weighted by molar-refractivity contribution is -0.119. The molecule has 1 fully saturated rings. The van der Waals surface area contributed by atoms with Crippen molar-refractivity contribution in [2.75, 3.05) is 33.9 Å². The van der Waals surface area contributed by atoms with Gasteiger partial charge in [-0.2, -0.15) is 0 Å². The zero-order valence-electron chi connectivity index (χ0n) is 15.2. The zero-order chi connectivity index (χ0) is 18.1. The van der Waals surface area contributed by atoms with Gasteiger partial charge in [0, 0.05) is 19.1 Å². The Morgan fingerprint density at radius 2 is 1.96 bits per heavy atom. The van der Waals surface area contributed by atoms with E-state index >= 15 is 0 Å². The predicted molar refractivity (Wildman–Crippen MR) is 98.4 cm³/mol. The molecule has 7 nitrogen and oxygen atoms in total. The van der Waals surface area contributed by atoms with E-state index in [1.54, 1.807) is 14.2 Å². The van der Waals surface area contributed by atoms with Crippen LogP contribution in [-0.4, -0.2) is 51.8 Å². The summed E-state index contributed by atoms with van der Waals surface area (Å²) >= 11 is 0. The van der Waals surface area contributed by atoms with Crippen LogP contribution in [-0.2, 0) is 11.2 Å². The first kappa shape index (κ1) is 18.9. The minimum absolute atomic E-state index is 0.0282. The van der Waals surface area contributed by atoms with Gasteiger partial charge < -0.3 is 25.4 Å². The molecule has 138 valence electrons. The third kappa shape index (κ3) is 6.52. The Morgan fingerprint density at radius 3 is 2.60 bits per heavy atom. The number of amides is 1. The van der Waals surface area contributed by atoms with Crippen LogP contribution >= 0.6 is 0 Å². The molecule has 0 atom stereocenters. The number of carbonyl (C=O) groups excluding carboxylic acids is 1. The molecule has 1 aromatic rings. The second kappa shape index (κ2) is 9.76. The lowest BCUT2D eigenvalue weighted by Gasteiger charge is -2.12. The molecule has 0 aromatic heterocycles. The molecule has 0 saturated heterocycles. The van der Waals surface area contributed by atoms with Crippen molar-refractivity contribution in [1.82, 2.24) is 16.0 Å². The average molecular weight is 348 g/mol. The zero-order valence-corrected chi connectivity index (χ0v) is 15.2. The number of ether oxygens (including phenoxy) is 2. The summed E-state index contributed by atoms with van der Waals surface area (Å²) in [7, 11) is 3.25. The summed E-state index contributed by atoms with van der Waals surface area (Å²) in [5.41, 5.74) is 1.13. The SMILES string of the molecule is CCNC(=NCC(=O)NC1CC1)NCCc1ccc(OC)c(OC)c1. The van der Waals surface area contributed by atoms with Gasteiger partial charge in [-0.05, 0) is 43.9 Å². The molecule has 3 N–H and O–H groups in total. The number of benzene rings is 1. The molecule has 2 rings (SSSR count). The van der Waals surface area contributed by atoms with E-state index in [4.69, 9.17) is 9.47 Å².